The van der Waals surface area contributed by atoms with Crippen LogP contribution in [0.1, 0.15) is 28.8 Å². The summed E-state index contributed by atoms with van der Waals surface area (Å²) in [5, 5.41) is 8.74. The highest BCUT2D eigenvalue weighted by Gasteiger charge is 2.24. The summed E-state index contributed by atoms with van der Waals surface area (Å²) in [6.07, 6.45) is 1.77. The number of aliphatic hydroxyl groups excluding tert-OH is 1. The van der Waals surface area contributed by atoms with Gasteiger partial charge in [0, 0.05) is 24.3 Å². The molecule has 110 valence electrons. The minimum absolute atomic E-state index is 0.0287. The van der Waals surface area contributed by atoms with Crippen molar-refractivity contribution in [3.8, 4) is 0 Å². The van der Waals surface area contributed by atoms with E-state index in [9.17, 15) is 4.79 Å². The van der Waals surface area contributed by atoms with Crippen LogP contribution in [0.3, 0.4) is 0 Å². The second-order valence-corrected chi connectivity index (χ2v) is 5.22. The number of piperidine rings is 1. The molecule has 0 unspecified atom stereocenters. The van der Waals surface area contributed by atoms with Gasteiger partial charge < -0.3 is 20.5 Å². The summed E-state index contributed by atoms with van der Waals surface area (Å²) in [4.78, 5) is 14.3. The number of aryl methyl sites for hydroxylation is 1. The van der Waals surface area contributed by atoms with Crippen molar-refractivity contribution in [1.82, 2.24) is 4.90 Å². The first-order chi connectivity index (χ1) is 9.60. The topological polar surface area (TPSA) is 75.8 Å². The van der Waals surface area contributed by atoms with Gasteiger partial charge in [0.1, 0.15) is 0 Å². The van der Waals surface area contributed by atoms with Crippen LogP contribution in [-0.2, 0) is 4.74 Å². The lowest BCUT2D eigenvalue weighted by molar-refractivity contribution is -0.00554. The van der Waals surface area contributed by atoms with Gasteiger partial charge in [-0.25, -0.2) is 0 Å². The molecule has 1 aromatic carbocycles. The molecule has 1 aliphatic heterocycles. The van der Waals surface area contributed by atoms with Crippen LogP contribution in [0.15, 0.2) is 18.2 Å². The lowest BCUT2D eigenvalue weighted by Gasteiger charge is -2.32. The Labute approximate surface area is 119 Å². The Morgan fingerprint density at radius 1 is 1.40 bits per heavy atom. The van der Waals surface area contributed by atoms with E-state index in [0.717, 1.165) is 18.4 Å². The van der Waals surface area contributed by atoms with E-state index in [4.69, 9.17) is 15.6 Å². The van der Waals surface area contributed by atoms with Crippen LogP contribution in [0.2, 0.25) is 0 Å². The highest BCUT2D eigenvalue weighted by Crippen LogP contribution is 2.18. The van der Waals surface area contributed by atoms with Crippen molar-refractivity contribution >= 4 is 11.6 Å². The summed E-state index contributed by atoms with van der Waals surface area (Å²) in [7, 11) is 0. The Morgan fingerprint density at radius 2 is 2.10 bits per heavy atom. The Morgan fingerprint density at radius 3 is 2.70 bits per heavy atom. The van der Waals surface area contributed by atoms with Crippen molar-refractivity contribution in [2.24, 2.45) is 0 Å². The fourth-order valence-corrected chi connectivity index (χ4v) is 2.56. The van der Waals surface area contributed by atoms with E-state index in [2.05, 4.69) is 0 Å². The number of benzene rings is 1. The van der Waals surface area contributed by atoms with Crippen molar-refractivity contribution in [1.29, 1.82) is 0 Å². The van der Waals surface area contributed by atoms with Crippen LogP contribution < -0.4 is 5.73 Å². The minimum Gasteiger partial charge on any atom is -0.399 e. The quantitative estimate of drug-likeness (QED) is 0.811. The molecule has 2 rings (SSSR count). The number of nitrogen functional groups attached to an aromatic ring is 1. The molecule has 1 heterocycles. The number of hydrogen-bond acceptors (Lipinski definition) is 4. The first-order valence-corrected chi connectivity index (χ1v) is 6.99. The van der Waals surface area contributed by atoms with Crippen molar-refractivity contribution in [2.45, 2.75) is 25.9 Å². The fourth-order valence-electron chi connectivity index (χ4n) is 2.56. The molecule has 0 radical (unpaired) electrons. The summed E-state index contributed by atoms with van der Waals surface area (Å²) in [5.74, 6) is 0.0287. The molecule has 1 fully saturated rings. The number of amides is 1. The van der Waals surface area contributed by atoms with Gasteiger partial charge in [0.05, 0.1) is 19.3 Å². The van der Waals surface area contributed by atoms with Gasteiger partial charge in [0.25, 0.3) is 5.91 Å². The van der Waals surface area contributed by atoms with E-state index in [1.807, 2.05) is 24.0 Å². The van der Waals surface area contributed by atoms with E-state index in [-0.39, 0.29) is 18.6 Å². The van der Waals surface area contributed by atoms with Crippen LogP contribution in [-0.4, -0.2) is 48.3 Å². The molecular formula is C15H22N2O3. The van der Waals surface area contributed by atoms with Gasteiger partial charge in [-0.2, -0.15) is 0 Å². The molecule has 1 aliphatic rings. The van der Waals surface area contributed by atoms with Gasteiger partial charge in [-0.3, -0.25) is 4.79 Å². The van der Waals surface area contributed by atoms with Crippen LogP contribution in [0.25, 0.3) is 0 Å². The minimum atomic E-state index is 0.0287. The zero-order valence-electron chi connectivity index (χ0n) is 11.8. The summed E-state index contributed by atoms with van der Waals surface area (Å²) in [6, 6.07) is 5.45. The molecule has 1 aromatic rings. The van der Waals surface area contributed by atoms with Gasteiger partial charge in [-0.1, -0.05) is 0 Å². The molecule has 0 aliphatic carbocycles. The molecule has 1 amide bonds. The largest absolute Gasteiger partial charge is 0.399 e. The molecule has 5 heteroatoms. The lowest BCUT2D eigenvalue weighted by atomic mass is 10.0. The normalized spacial score (nSPS) is 16.4. The predicted octanol–water partition coefficient (Wildman–Crippen LogP) is 1.19. The summed E-state index contributed by atoms with van der Waals surface area (Å²) in [6.45, 7) is 3.71. The molecule has 0 aromatic heterocycles. The Kier molecular flexibility index (Phi) is 4.98. The monoisotopic (exact) mass is 278 g/mol. The second kappa shape index (κ2) is 6.72. The van der Waals surface area contributed by atoms with Crippen LogP contribution >= 0.6 is 0 Å². The standard InChI is InChI=1S/C15H22N2O3/c1-11-8-12(10-13(16)9-11)15(19)17-4-2-14(3-5-17)20-7-6-18/h8-10,14,18H,2-7,16H2,1H3. The number of ether oxygens (including phenoxy) is 1. The Bertz CT molecular complexity index is 448. The lowest BCUT2D eigenvalue weighted by Crippen LogP contribution is -2.41. The average Bonchev–Trinajstić information content (AvgIpc) is 2.44. The van der Waals surface area contributed by atoms with Crippen LogP contribution in [0.4, 0.5) is 5.69 Å². The highest BCUT2D eigenvalue weighted by atomic mass is 16.5. The third kappa shape index (κ3) is 3.71. The Hall–Kier alpha value is -1.59. The maximum atomic E-state index is 12.4. The number of hydrogen-bond donors (Lipinski definition) is 2. The van der Waals surface area contributed by atoms with Gasteiger partial charge in [0.2, 0.25) is 0 Å². The molecule has 1 saturated heterocycles. The highest BCUT2D eigenvalue weighted by molar-refractivity contribution is 5.95. The zero-order chi connectivity index (χ0) is 14.5. The van der Waals surface area contributed by atoms with Crippen molar-refractivity contribution in [3.63, 3.8) is 0 Å². The van der Waals surface area contributed by atoms with Gasteiger partial charge >= 0.3 is 0 Å². The Balaban J connectivity index is 1.94. The molecule has 0 atom stereocenters. The third-order valence-corrected chi connectivity index (χ3v) is 3.52. The number of anilines is 1. The van der Waals surface area contributed by atoms with Gasteiger partial charge in [-0.05, 0) is 43.5 Å². The molecule has 0 spiro atoms. The van der Waals surface area contributed by atoms with Crippen molar-refractivity contribution < 1.29 is 14.6 Å². The van der Waals surface area contributed by atoms with E-state index >= 15 is 0 Å². The van der Waals surface area contributed by atoms with Gasteiger partial charge in [0.15, 0.2) is 0 Å². The fraction of sp³-hybridized carbons (Fsp3) is 0.533. The molecule has 3 N–H and O–H groups in total. The van der Waals surface area contributed by atoms with E-state index in [1.165, 1.54) is 0 Å². The van der Waals surface area contributed by atoms with Crippen molar-refractivity contribution in [2.75, 3.05) is 32.0 Å². The third-order valence-electron chi connectivity index (χ3n) is 3.52. The smallest absolute Gasteiger partial charge is 0.253 e. The van der Waals surface area contributed by atoms with E-state index < -0.39 is 0 Å². The van der Waals surface area contributed by atoms with Crippen LogP contribution in [0, 0.1) is 6.92 Å². The average molecular weight is 278 g/mol. The zero-order valence-corrected chi connectivity index (χ0v) is 11.8. The summed E-state index contributed by atoms with van der Waals surface area (Å²) in [5.41, 5.74) is 8.05. The molecule has 5 nitrogen and oxygen atoms in total. The number of aliphatic hydroxyl groups is 1. The number of nitrogens with two attached hydrogens (primary N) is 1. The second-order valence-electron chi connectivity index (χ2n) is 5.22. The molecule has 0 saturated carbocycles. The molecular weight excluding hydrogens is 256 g/mol. The first-order valence-electron chi connectivity index (χ1n) is 6.99. The number of rotatable bonds is 4. The van der Waals surface area contributed by atoms with Crippen LogP contribution in [0.5, 0.6) is 0 Å². The predicted molar refractivity (Wildman–Crippen MR) is 77.6 cm³/mol. The number of likely N-dealkylation sites (tertiary alicyclic amines) is 1. The first kappa shape index (κ1) is 14.8. The van der Waals surface area contributed by atoms with E-state index in [1.54, 1.807) is 6.07 Å². The van der Waals surface area contributed by atoms with Gasteiger partial charge in [-0.15, -0.1) is 0 Å². The summed E-state index contributed by atoms with van der Waals surface area (Å²) >= 11 is 0. The SMILES string of the molecule is Cc1cc(N)cc(C(=O)N2CCC(OCCO)CC2)c1. The number of nitrogens with zero attached hydrogens (tertiary/aromatic N) is 1. The number of carbonyl (C=O) groups excluding carboxylic acids is 1. The maximum absolute atomic E-state index is 12.4. The molecule has 20 heavy (non-hydrogen) atoms. The summed E-state index contributed by atoms with van der Waals surface area (Å²) < 4.78 is 5.50. The number of carbonyl (C=O) groups is 1. The van der Waals surface area contributed by atoms with E-state index in [0.29, 0.717) is 30.9 Å². The molecule has 0 bridgehead atoms. The van der Waals surface area contributed by atoms with Crippen molar-refractivity contribution in [3.05, 3.63) is 29.3 Å². The maximum Gasteiger partial charge on any atom is 0.253 e.